The first-order valence-corrected chi connectivity index (χ1v) is 4.34. The Labute approximate surface area is 84.7 Å². The molecule has 0 radical (unpaired) electrons. The van der Waals surface area contributed by atoms with Crippen LogP contribution < -0.4 is 5.73 Å². The molecule has 0 amide bonds. The lowest BCUT2D eigenvalue weighted by Crippen LogP contribution is -2.30. The van der Waals surface area contributed by atoms with Crippen LogP contribution >= 0.6 is 11.6 Å². The molecule has 0 heterocycles. The molecule has 1 aromatic carbocycles. The van der Waals surface area contributed by atoms with E-state index < -0.39 is 24.7 Å². The smallest absolute Gasteiger partial charge is 0.264 e. The molecule has 0 spiro atoms. The Bertz CT molecular complexity index is 328. The zero-order chi connectivity index (χ0) is 10.8. The highest BCUT2D eigenvalue weighted by Gasteiger charge is 2.27. The van der Waals surface area contributed by atoms with Crippen molar-refractivity contribution in [1.82, 2.24) is 0 Å². The van der Waals surface area contributed by atoms with Crippen LogP contribution in [0.15, 0.2) is 18.2 Å². The van der Waals surface area contributed by atoms with E-state index in [-0.39, 0.29) is 10.6 Å². The molecule has 0 saturated carbocycles. The Morgan fingerprint density at radius 3 is 2.50 bits per heavy atom. The molecule has 0 saturated heterocycles. The van der Waals surface area contributed by atoms with Crippen molar-refractivity contribution in [3.8, 4) is 0 Å². The molecular weight excluding hydrogens is 215 g/mol. The Kier molecular flexibility index (Phi) is 3.39. The number of rotatable bonds is 3. The van der Waals surface area contributed by atoms with Crippen LogP contribution in [0, 0.1) is 5.82 Å². The van der Waals surface area contributed by atoms with Gasteiger partial charge in [0, 0.05) is 11.4 Å². The molecule has 5 heteroatoms. The van der Waals surface area contributed by atoms with Crippen molar-refractivity contribution in [3.63, 3.8) is 0 Å². The molecule has 0 bridgehead atoms. The third-order valence-corrected chi connectivity index (χ3v) is 2.11. The Morgan fingerprint density at radius 1 is 1.36 bits per heavy atom. The summed E-state index contributed by atoms with van der Waals surface area (Å²) >= 11 is 5.58. The van der Waals surface area contributed by atoms with E-state index in [0.717, 1.165) is 12.1 Å². The summed E-state index contributed by atoms with van der Waals surface area (Å²) in [4.78, 5) is 0. The maximum absolute atomic E-state index is 12.8. The van der Waals surface area contributed by atoms with Gasteiger partial charge in [0.15, 0.2) is 0 Å². The van der Waals surface area contributed by atoms with Gasteiger partial charge in [-0.1, -0.05) is 17.7 Å². The van der Waals surface area contributed by atoms with Crippen LogP contribution in [-0.4, -0.2) is 12.5 Å². The highest BCUT2D eigenvalue weighted by Crippen LogP contribution is 2.24. The monoisotopic (exact) mass is 223 g/mol. The summed E-state index contributed by atoms with van der Waals surface area (Å²) in [5, 5.41) is -0.00174. The van der Waals surface area contributed by atoms with Gasteiger partial charge in [0.1, 0.15) is 5.82 Å². The largest absolute Gasteiger partial charge is 0.325 e. The minimum Gasteiger partial charge on any atom is -0.325 e. The van der Waals surface area contributed by atoms with E-state index in [4.69, 9.17) is 17.3 Å². The first-order chi connectivity index (χ1) is 6.44. The second-order valence-electron chi connectivity index (χ2n) is 2.97. The van der Waals surface area contributed by atoms with E-state index in [0.29, 0.717) is 0 Å². The molecule has 2 N–H and O–H groups in total. The van der Waals surface area contributed by atoms with Crippen LogP contribution in [0.4, 0.5) is 13.2 Å². The third kappa shape index (κ3) is 2.89. The van der Waals surface area contributed by atoms with E-state index in [2.05, 4.69) is 0 Å². The number of hydrogen-bond acceptors (Lipinski definition) is 1. The lowest BCUT2D eigenvalue weighted by molar-refractivity contribution is 0.0115. The standard InChI is InChI=1S/C9H9ClF3N/c10-8-3-7(11)2-1-6(8)4-9(12,13)5-14/h1-3H,4-5,14H2. The third-order valence-electron chi connectivity index (χ3n) is 1.76. The van der Waals surface area contributed by atoms with E-state index in [9.17, 15) is 13.2 Å². The zero-order valence-corrected chi connectivity index (χ0v) is 7.99. The lowest BCUT2D eigenvalue weighted by atomic mass is 10.1. The van der Waals surface area contributed by atoms with Crippen LogP contribution in [0.1, 0.15) is 5.56 Å². The molecule has 0 fully saturated rings. The summed E-state index contributed by atoms with van der Waals surface area (Å²) in [5.41, 5.74) is 5.06. The van der Waals surface area contributed by atoms with Gasteiger partial charge in [0.25, 0.3) is 5.92 Å². The molecule has 78 valence electrons. The van der Waals surface area contributed by atoms with Crippen molar-refractivity contribution < 1.29 is 13.2 Å². The van der Waals surface area contributed by atoms with Crippen molar-refractivity contribution in [2.45, 2.75) is 12.3 Å². The predicted molar refractivity (Wildman–Crippen MR) is 49.1 cm³/mol. The first kappa shape index (κ1) is 11.3. The van der Waals surface area contributed by atoms with Gasteiger partial charge in [-0.05, 0) is 17.7 Å². The Morgan fingerprint density at radius 2 is 2.00 bits per heavy atom. The van der Waals surface area contributed by atoms with Crippen LogP contribution in [0.25, 0.3) is 0 Å². The van der Waals surface area contributed by atoms with Crippen LogP contribution in [0.2, 0.25) is 5.02 Å². The number of benzene rings is 1. The fourth-order valence-electron chi connectivity index (χ4n) is 1.02. The minimum absolute atomic E-state index is 0.00174. The molecule has 0 unspecified atom stereocenters. The summed E-state index contributed by atoms with van der Waals surface area (Å²) in [6.07, 6.45) is -0.567. The molecule has 14 heavy (non-hydrogen) atoms. The van der Waals surface area contributed by atoms with Gasteiger partial charge in [0.2, 0.25) is 0 Å². The van der Waals surface area contributed by atoms with E-state index in [1.807, 2.05) is 0 Å². The van der Waals surface area contributed by atoms with Crippen molar-refractivity contribution in [2.75, 3.05) is 6.54 Å². The predicted octanol–water partition coefficient (Wildman–Crippen LogP) is 2.62. The quantitative estimate of drug-likeness (QED) is 0.838. The number of halogens is 4. The molecule has 0 aliphatic rings. The summed E-state index contributed by atoms with van der Waals surface area (Å²) in [6, 6.07) is 3.33. The second kappa shape index (κ2) is 4.19. The van der Waals surface area contributed by atoms with Gasteiger partial charge in [0.05, 0.1) is 6.54 Å². The van der Waals surface area contributed by atoms with Crippen LogP contribution in [0.5, 0.6) is 0 Å². The van der Waals surface area contributed by atoms with Gasteiger partial charge < -0.3 is 5.73 Å². The van der Waals surface area contributed by atoms with Gasteiger partial charge in [-0.15, -0.1) is 0 Å². The molecule has 1 aromatic rings. The van der Waals surface area contributed by atoms with E-state index in [1.54, 1.807) is 0 Å². The van der Waals surface area contributed by atoms with Crippen molar-refractivity contribution in [1.29, 1.82) is 0 Å². The Balaban J connectivity index is 2.87. The zero-order valence-electron chi connectivity index (χ0n) is 7.24. The van der Waals surface area contributed by atoms with E-state index >= 15 is 0 Å². The average Bonchev–Trinajstić information content (AvgIpc) is 2.10. The SMILES string of the molecule is NCC(F)(F)Cc1ccc(F)cc1Cl. The first-order valence-electron chi connectivity index (χ1n) is 3.96. The number of hydrogen-bond donors (Lipinski definition) is 1. The molecule has 0 aliphatic heterocycles. The highest BCUT2D eigenvalue weighted by molar-refractivity contribution is 6.31. The fraction of sp³-hybridized carbons (Fsp3) is 0.333. The van der Waals surface area contributed by atoms with Crippen LogP contribution in [0.3, 0.4) is 0 Å². The molecule has 0 aliphatic carbocycles. The summed E-state index contributed by atoms with van der Waals surface area (Å²) in [7, 11) is 0. The molecule has 1 rings (SSSR count). The molecule has 1 nitrogen and oxygen atoms in total. The minimum atomic E-state index is -3.00. The summed E-state index contributed by atoms with van der Waals surface area (Å²) < 4.78 is 38.2. The van der Waals surface area contributed by atoms with Gasteiger partial charge >= 0.3 is 0 Å². The number of nitrogens with two attached hydrogens (primary N) is 1. The van der Waals surface area contributed by atoms with E-state index in [1.165, 1.54) is 6.07 Å². The highest BCUT2D eigenvalue weighted by atomic mass is 35.5. The summed E-state index contributed by atoms with van der Waals surface area (Å²) in [6.45, 7) is -0.749. The van der Waals surface area contributed by atoms with Gasteiger partial charge in [-0.2, -0.15) is 0 Å². The van der Waals surface area contributed by atoms with Crippen molar-refractivity contribution >= 4 is 11.6 Å². The maximum Gasteiger partial charge on any atom is 0.264 e. The van der Waals surface area contributed by atoms with Crippen LogP contribution in [-0.2, 0) is 6.42 Å². The average molecular weight is 224 g/mol. The molecule has 0 atom stereocenters. The summed E-state index contributed by atoms with van der Waals surface area (Å²) in [5.74, 6) is -3.55. The van der Waals surface area contributed by atoms with Gasteiger partial charge in [-0.3, -0.25) is 0 Å². The fourth-order valence-corrected chi connectivity index (χ4v) is 1.25. The Hall–Kier alpha value is -0.740. The van der Waals surface area contributed by atoms with Gasteiger partial charge in [-0.25, -0.2) is 13.2 Å². The van der Waals surface area contributed by atoms with Crippen molar-refractivity contribution in [3.05, 3.63) is 34.6 Å². The second-order valence-corrected chi connectivity index (χ2v) is 3.38. The molecule has 0 aromatic heterocycles. The topological polar surface area (TPSA) is 26.0 Å². The lowest BCUT2D eigenvalue weighted by Gasteiger charge is -2.14. The molecular formula is C9H9ClF3N. The normalized spacial score (nSPS) is 11.8. The number of alkyl halides is 2. The maximum atomic E-state index is 12.8. The van der Waals surface area contributed by atoms with Crippen molar-refractivity contribution in [2.24, 2.45) is 5.73 Å².